The predicted octanol–water partition coefficient (Wildman–Crippen LogP) is 1.77. The van der Waals surface area contributed by atoms with Crippen molar-refractivity contribution in [3.8, 4) is 11.4 Å². The monoisotopic (exact) mass is 347 g/mol. The first-order valence-corrected chi connectivity index (χ1v) is 8.43. The van der Waals surface area contributed by atoms with E-state index < -0.39 is 0 Å². The van der Waals surface area contributed by atoms with Crippen molar-refractivity contribution in [2.45, 2.75) is 23.9 Å². The number of carbonyl (C=O) groups excluding carboxylic acids is 1. The lowest BCUT2D eigenvalue weighted by Gasteiger charge is -2.13. The molecule has 1 amide bonds. The van der Waals surface area contributed by atoms with Crippen molar-refractivity contribution in [3.63, 3.8) is 0 Å². The van der Waals surface area contributed by atoms with Crippen LogP contribution in [-0.2, 0) is 16.1 Å². The van der Waals surface area contributed by atoms with Crippen LogP contribution in [0.5, 0.6) is 0 Å². The van der Waals surface area contributed by atoms with E-state index in [1.165, 1.54) is 11.8 Å². The molecule has 24 heavy (non-hydrogen) atoms. The molecule has 2 rings (SSSR count). The molecule has 0 bridgehead atoms. The maximum Gasteiger partial charge on any atom is 0.233 e. The summed E-state index contributed by atoms with van der Waals surface area (Å²) in [5.41, 5.74) is 0.921. The van der Waals surface area contributed by atoms with Gasteiger partial charge in [-0.2, -0.15) is 0 Å². The molecular formula is C16H21N5O2S. The molecule has 0 aliphatic heterocycles. The summed E-state index contributed by atoms with van der Waals surface area (Å²) in [7, 11) is 1.65. The number of methoxy groups -OCH3 is 1. The number of pyridine rings is 1. The Hall–Kier alpha value is -2.19. The molecule has 0 spiro atoms. The molecule has 0 radical (unpaired) electrons. The van der Waals surface area contributed by atoms with Gasteiger partial charge in [0, 0.05) is 31.6 Å². The molecule has 1 unspecified atom stereocenters. The minimum Gasteiger partial charge on any atom is -0.383 e. The summed E-state index contributed by atoms with van der Waals surface area (Å²) < 4.78 is 7.14. The van der Waals surface area contributed by atoms with Crippen molar-refractivity contribution in [3.05, 3.63) is 37.2 Å². The van der Waals surface area contributed by atoms with Gasteiger partial charge in [-0.1, -0.05) is 17.8 Å². The van der Waals surface area contributed by atoms with E-state index in [4.69, 9.17) is 4.74 Å². The van der Waals surface area contributed by atoms with E-state index >= 15 is 0 Å². The van der Waals surface area contributed by atoms with Crippen LogP contribution in [0.3, 0.4) is 0 Å². The summed E-state index contributed by atoms with van der Waals surface area (Å²) in [6, 6.07) is 3.75. The Morgan fingerprint density at radius 3 is 2.88 bits per heavy atom. The quantitative estimate of drug-likeness (QED) is 0.550. The number of aromatic nitrogens is 4. The molecule has 2 aromatic rings. The number of nitrogens with zero attached hydrogens (tertiary/aromatic N) is 4. The standard InChI is InChI=1S/C16H21N5O2S/c1-4-7-18-15(22)12(2)24-16-20-19-14(21(16)10-11-23-3)13-5-8-17-9-6-13/h4-6,8-9,12H,1,7,10-11H2,2-3H3,(H,18,22). The highest BCUT2D eigenvalue weighted by Gasteiger charge is 2.20. The minimum absolute atomic E-state index is 0.0633. The van der Waals surface area contributed by atoms with Gasteiger partial charge in [0.15, 0.2) is 11.0 Å². The molecule has 2 aromatic heterocycles. The van der Waals surface area contributed by atoms with Crippen LogP contribution in [0.4, 0.5) is 0 Å². The Morgan fingerprint density at radius 2 is 2.21 bits per heavy atom. The average Bonchev–Trinajstić information content (AvgIpc) is 3.00. The van der Waals surface area contributed by atoms with Gasteiger partial charge in [-0.05, 0) is 19.1 Å². The van der Waals surface area contributed by atoms with E-state index in [2.05, 4.69) is 27.1 Å². The molecule has 1 N–H and O–H groups in total. The van der Waals surface area contributed by atoms with Crippen LogP contribution in [0, 0.1) is 0 Å². The minimum atomic E-state index is -0.291. The highest BCUT2D eigenvalue weighted by Crippen LogP contribution is 2.26. The first-order valence-electron chi connectivity index (χ1n) is 7.55. The molecule has 8 heteroatoms. The second-order valence-corrected chi connectivity index (χ2v) is 6.29. The first kappa shape index (κ1) is 18.2. The van der Waals surface area contributed by atoms with Gasteiger partial charge in [-0.25, -0.2) is 0 Å². The van der Waals surface area contributed by atoms with Crippen molar-refractivity contribution in [2.75, 3.05) is 20.3 Å². The fraction of sp³-hybridized carbons (Fsp3) is 0.375. The van der Waals surface area contributed by atoms with E-state index in [1.54, 1.807) is 25.6 Å². The maximum absolute atomic E-state index is 12.0. The zero-order valence-corrected chi connectivity index (χ0v) is 14.6. The molecule has 0 aliphatic carbocycles. The van der Waals surface area contributed by atoms with Crippen molar-refractivity contribution >= 4 is 17.7 Å². The molecule has 0 aromatic carbocycles. The molecule has 7 nitrogen and oxygen atoms in total. The van der Waals surface area contributed by atoms with E-state index in [9.17, 15) is 4.79 Å². The van der Waals surface area contributed by atoms with Crippen LogP contribution in [0.1, 0.15) is 6.92 Å². The van der Waals surface area contributed by atoms with Crippen molar-refractivity contribution in [1.29, 1.82) is 0 Å². The van der Waals surface area contributed by atoms with Crippen LogP contribution in [-0.4, -0.2) is 51.2 Å². The number of ether oxygens (including phenoxy) is 1. The van der Waals surface area contributed by atoms with Gasteiger partial charge < -0.3 is 10.1 Å². The van der Waals surface area contributed by atoms with Crippen LogP contribution in [0.2, 0.25) is 0 Å². The number of rotatable bonds is 9. The Bertz CT molecular complexity index is 674. The summed E-state index contributed by atoms with van der Waals surface area (Å²) in [5.74, 6) is 0.669. The highest BCUT2D eigenvalue weighted by atomic mass is 32.2. The molecule has 1 atom stereocenters. The van der Waals surface area contributed by atoms with Gasteiger partial charge >= 0.3 is 0 Å². The summed E-state index contributed by atoms with van der Waals surface area (Å²) in [5, 5.41) is 11.7. The third-order valence-corrected chi connectivity index (χ3v) is 4.33. The highest BCUT2D eigenvalue weighted by molar-refractivity contribution is 8.00. The second kappa shape index (κ2) is 9.19. The third-order valence-electron chi connectivity index (χ3n) is 3.25. The topological polar surface area (TPSA) is 81.9 Å². The Balaban J connectivity index is 2.21. The summed E-state index contributed by atoms with van der Waals surface area (Å²) in [6.45, 7) is 7.01. The molecule has 128 valence electrons. The molecular weight excluding hydrogens is 326 g/mol. The van der Waals surface area contributed by atoms with E-state index in [1.807, 2.05) is 23.6 Å². The fourth-order valence-corrected chi connectivity index (χ4v) is 2.90. The smallest absolute Gasteiger partial charge is 0.233 e. The SMILES string of the molecule is C=CCNC(=O)C(C)Sc1nnc(-c2ccncc2)n1CCOC. The second-order valence-electron chi connectivity index (χ2n) is 4.98. The summed E-state index contributed by atoms with van der Waals surface area (Å²) in [4.78, 5) is 16.1. The molecule has 2 heterocycles. The largest absolute Gasteiger partial charge is 0.383 e. The summed E-state index contributed by atoms with van der Waals surface area (Å²) >= 11 is 1.37. The predicted molar refractivity (Wildman–Crippen MR) is 93.7 cm³/mol. The third kappa shape index (κ3) is 4.65. The molecule has 0 saturated carbocycles. The maximum atomic E-state index is 12.0. The zero-order chi connectivity index (χ0) is 17.4. The lowest BCUT2D eigenvalue weighted by Crippen LogP contribution is -2.31. The van der Waals surface area contributed by atoms with Gasteiger partial charge in [-0.15, -0.1) is 16.8 Å². The van der Waals surface area contributed by atoms with Gasteiger partial charge in [0.2, 0.25) is 5.91 Å². The number of nitrogens with one attached hydrogen (secondary N) is 1. The van der Waals surface area contributed by atoms with E-state index in [-0.39, 0.29) is 11.2 Å². The lowest BCUT2D eigenvalue weighted by atomic mass is 10.2. The van der Waals surface area contributed by atoms with Crippen LogP contribution >= 0.6 is 11.8 Å². The van der Waals surface area contributed by atoms with Crippen LogP contribution in [0.25, 0.3) is 11.4 Å². The Kier molecular flexibility index (Phi) is 6.95. The lowest BCUT2D eigenvalue weighted by molar-refractivity contribution is -0.120. The normalized spacial score (nSPS) is 11.9. The van der Waals surface area contributed by atoms with Crippen LogP contribution < -0.4 is 5.32 Å². The number of thioether (sulfide) groups is 1. The van der Waals surface area contributed by atoms with Crippen molar-refractivity contribution in [1.82, 2.24) is 25.1 Å². The van der Waals surface area contributed by atoms with Crippen LogP contribution in [0.15, 0.2) is 42.3 Å². The number of carbonyl (C=O) groups is 1. The Labute approximate surface area is 145 Å². The number of hydrogen-bond donors (Lipinski definition) is 1. The number of hydrogen-bond acceptors (Lipinski definition) is 6. The Morgan fingerprint density at radius 1 is 1.46 bits per heavy atom. The van der Waals surface area contributed by atoms with Gasteiger partial charge in [0.1, 0.15) is 0 Å². The zero-order valence-electron chi connectivity index (χ0n) is 13.8. The number of amides is 1. The van der Waals surface area contributed by atoms with Gasteiger partial charge in [0.05, 0.1) is 18.4 Å². The first-order chi connectivity index (χ1) is 11.7. The average molecular weight is 347 g/mol. The molecule has 0 fully saturated rings. The molecule has 0 saturated heterocycles. The summed E-state index contributed by atoms with van der Waals surface area (Å²) in [6.07, 6.45) is 5.07. The van der Waals surface area contributed by atoms with Crippen molar-refractivity contribution in [2.24, 2.45) is 0 Å². The van der Waals surface area contributed by atoms with E-state index in [0.717, 1.165) is 11.4 Å². The van der Waals surface area contributed by atoms with Crippen molar-refractivity contribution < 1.29 is 9.53 Å². The fourth-order valence-electron chi connectivity index (χ4n) is 2.00. The van der Waals surface area contributed by atoms with Gasteiger partial charge in [-0.3, -0.25) is 14.3 Å². The van der Waals surface area contributed by atoms with Gasteiger partial charge in [0.25, 0.3) is 0 Å². The van der Waals surface area contributed by atoms with E-state index in [0.29, 0.717) is 24.9 Å². The molecule has 0 aliphatic rings.